The molecule has 1 aliphatic rings. The summed E-state index contributed by atoms with van der Waals surface area (Å²) in [6, 6.07) is 0.715. The highest BCUT2D eigenvalue weighted by molar-refractivity contribution is 5.84. The molecule has 82 valence electrons. The molecule has 0 aromatic carbocycles. The van der Waals surface area contributed by atoms with Crippen molar-refractivity contribution < 1.29 is 9.90 Å². The van der Waals surface area contributed by atoms with Gasteiger partial charge in [-0.1, -0.05) is 5.21 Å². The minimum Gasteiger partial charge on any atom is -0.476 e. The fourth-order valence-electron chi connectivity index (χ4n) is 1.46. The molecular formula is C9H14N4O2. The van der Waals surface area contributed by atoms with Gasteiger partial charge in [-0.25, -0.2) is 4.79 Å². The monoisotopic (exact) mass is 210 g/mol. The first kappa shape index (κ1) is 10.1. The first-order valence-electron chi connectivity index (χ1n) is 5.00. The maximum absolute atomic E-state index is 10.5. The van der Waals surface area contributed by atoms with E-state index in [0.717, 1.165) is 6.54 Å². The predicted octanol–water partition coefficient (Wildman–Crippen LogP) is 0.0705. The molecule has 0 amide bonds. The molecule has 0 radical (unpaired) electrons. The van der Waals surface area contributed by atoms with Crippen molar-refractivity contribution in [1.82, 2.24) is 19.9 Å². The van der Waals surface area contributed by atoms with Crippen LogP contribution in [0, 0.1) is 0 Å². The largest absolute Gasteiger partial charge is 0.476 e. The molecule has 1 saturated carbocycles. The summed E-state index contributed by atoms with van der Waals surface area (Å²) in [5.74, 6) is -1.03. The van der Waals surface area contributed by atoms with Crippen molar-refractivity contribution in [2.75, 3.05) is 13.6 Å². The zero-order chi connectivity index (χ0) is 10.8. The van der Waals surface area contributed by atoms with Crippen LogP contribution in [0.2, 0.25) is 0 Å². The smallest absolute Gasteiger partial charge is 0.358 e. The molecule has 1 aromatic rings. The van der Waals surface area contributed by atoms with Crippen LogP contribution >= 0.6 is 0 Å². The van der Waals surface area contributed by atoms with E-state index in [0.29, 0.717) is 12.6 Å². The Balaban J connectivity index is 1.84. The molecule has 15 heavy (non-hydrogen) atoms. The van der Waals surface area contributed by atoms with Gasteiger partial charge in [0.25, 0.3) is 0 Å². The Bertz CT molecular complexity index is 359. The van der Waals surface area contributed by atoms with Crippen LogP contribution < -0.4 is 0 Å². The minimum absolute atomic E-state index is 0.00377. The first-order chi connectivity index (χ1) is 7.16. The number of hydrogen-bond acceptors (Lipinski definition) is 4. The van der Waals surface area contributed by atoms with Crippen LogP contribution in [-0.2, 0) is 6.54 Å². The molecule has 1 aromatic heterocycles. The summed E-state index contributed by atoms with van der Waals surface area (Å²) < 4.78 is 1.57. The van der Waals surface area contributed by atoms with Crippen LogP contribution in [0.5, 0.6) is 0 Å². The van der Waals surface area contributed by atoms with Crippen molar-refractivity contribution in [2.24, 2.45) is 0 Å². The Hall–Kier alpha value is -1.43. The molecule has 0 spiro atoms. The quantitative estimate of drug-likeness (QED) is 0.744. The van der Waals surface area contributed by atoms with Crippen molar-refractivity contribution in [1.29, 1.82) is 0 Å². The highest BCUT2D eigenvalue weighted by Crippen LogP contribution is 2.24. The lowest BCUT2D eigenvalue weighted by Gasteiger charge is -2.14. The van der Waals surface area contributed by atoms with Gasteiger partial charge in [0.1, 0.15) is 0 Å². The number of carbonyl (C=O) groups is 1. The Morgan fingerprint density at radius 3 is 3.00 bits per heavy atom. The van der Waals surface area contributed by atoms with Gasteiger partial charge in [0.05, 0.1) is 12.7 Å². The molecule has 0 saturated heterocycles. The number of aromatic carboxylic acids is 1. The molecular weight excluding hydrogens is 196 g/mol. The van der Waals surface area contributed by atoms with Crippen molar-refractivity contribution in [3.05, 3.63) is 11.9 Å². The van der Waals surface area contributed by atoms with E-state index in [9.17, 15) is 4.79 Å². The molecule has 0 unspecified atom stereocenters. The topological polar surface area (TPSA) is 71.2 Å². The summed E-state index contributed by atoms with van der Waals surface area (Å²) in [6.45, 7) is 1.57. The molecule has 0 aliphatic heterocycles. The van der Waals surface area contributed by atoms with E-state index < -0.39 is 5.97 Å². The zero-order valence-electron chi connectivity index (χ0n) is 8.63. The number of carboxylic acid groups (broad SMARTS) is 1. The molecule has 0 atom stereocenters. The van der Waals surface area contributed by atoms with Gasteiger partial charge < -0.3 is 10.0 Å². The fourth-order valence-corrected chi connectivity index (χ4v) is 1.46. The average Bonchev–Trinajstić information content (AvgIpc) is 2.93. The summed E-state index contributed by atoms with van der Waals surface area (Å²) in [7, 11) is 2.08. The molecule has 6 heteroatoms. The Labute approximate surface area is 87.5 Å². The number of nitrogens with zero attached hydrogens (tertiary/aromatic N) is 4. The molecule has 0 bridgehead atoms. The van der Waals surface area contributed by atoms with E-state index in [2.05, 4.69) is 22.3 Å². The van der Waals surface area contributed by atoms with E-state index in [4.69, 9.17) is 5.11 Å². The maximum Gasteiger partial charge on any atom is 0.358 e. The maximum atomic E-state index is 10.5. The second-order valence-electron chi connectivity index (χ2n) is 3.88. The summed E-state index contributed by atoms with van der Waals surface area (Å²) in [5.41, 5.74) is 0.00377. The first-order valence-corrected chi connectivity index (χ1v) is 5.00. The lowest BCUT2D eigenvalue weighted by molar-refractivity contribution is 0.0690. The van der Waals surface area contributed by atoms with Gasteiger partial charge in [-0.3, -0.25) is 4.68 Å². The number of likely N-dealkylation sites (N-methyl/N-ethyl adjacent to an activating group) is 1. The average molecular weight is 210 g/mol. The number of rotatable bonds is 5. The van der Waals surface area contributed by atoms with Gasteiger partial charge in [-0.15, -0.1) is 5.10 Å². The number of hydrogen-bond donors (Lipinski definition) is 1. The third-order valence-corrected chi connectivity index (χ3v) is 2.61. The van der Waals surface area contributed by atoms with Gasteiger partial charge >= 0.3 is 5.97 Å². The summed E-state index contributed by atoms with van der Waals surface area (Å²) in [6.07, 6.45) is 4.01. The Morgan fingerprint density at radius 2 is 2.47 bits per heavy atom. The van der Waals surface area contributed by atoms with Crippen molar-refractivity contribution >= 4 is 5.97 Å². The molecule has 1 N–H and O–H groups in total. The summed E-state index contributed by atoms with van der Waals surface area (Å²) in [5, 5.41) is 15.9. The van der Waals surface area contributed by atoms with E-state index >= 15 is 0 Å². The van der Waals surface area contributed by atoms with Crippen molar-refractivity contribution in [3.63, 3.8) is 0 Å². The van der Waals surface area contributed by atoms with Gasteiger partial charge in [0, 0.05) is 12.6 Å². The molecule has 1 heterocycles. The molecule has 2 rings (SSSR count). The fraction of sp³-hybridized carbons (Fsp3) is 0.667. The molecule has 1 aliphatic carbocycles. The van der Waals surface area contributed by atoms with Crippen LogP contribution in [0.3, 0.4) is 0 Å². The van der Waals surface area contributed by atoms with Crippen LogP contribution in [0.4, 0.5) is 0 Å². The lowest BCUT2D eigenvalue weighted by atomic mass is 10.5. The van der Waals surface area contributed by atoms with E-state index in [1.54, 1.807) is 4.68 Å². The SMILES string of the molecule is CN(CCn1cc(C(=O)O)nn1)C1CC1. The molecule has 6 nitrogen and oxygen atoms in total. The zero-order valence-corrected chi connectivity index (χ0v) is 8.63. The van der Waals surface area contributed by atoms with Gasteiger partial charge in [-0.2, -0.15) is 0 Å². The van der Waals surface area contributed by atoms with E-state index in [1.165, 1.54) is 19.0 Å². The Kier molecular flexibility index (Phi) is 2.68. The standard InChI is InChI=1S/C9H14N4O2/c1-12(7-2-3-7)4-5-13-6-8(9(14)15)10-11-13/h6-7H,2-5H2,1H3,(H,14,15). The van der Waals surface area contributed by atoms with E-state index in [-0.39, 0.29) is 5.69 Å². The normalized spacial score (nSPS) is 15.9. The third-order valence-electron chi connectivity index (χ3n) is 2.61. The van der Waals surface area contributed by atoms with E-state index in [1.807, 2.05) is 0 Å². The summed E-state index contributed by atoms with van der Waals surface area (Å²) >= 11 is 0. The van der Waals surface area contributed by atoms with Gasteiger partial charge in [0.2, 0.25) is 0 Å². The lowest BCUT2D eigenvalue weighted by Crippen LogP contribution is -2.25. The summed E-state index contributed by atoms with van der Waals surface area (Å²) in [4.78, 5) is 12.8. The van der Waals surface area contributed by atoms with Crippen LogP contribution in [0.25, 0.3) is 0 Å². The van der Waals surface area contributed by atoms with Gasteiger partial charge in [0.15, 0.2) is 5.69 Å². The van der Waals surface area contributed by atoms with Crippen LogP contribution in [0.15, 0.2) is 6.20 Å². The highest BCUT2D eigenvalue weighted by Gasteiger charge is 2.25. The Morgan fingerprint density at radius 1 is 1.73 bits per heavy atom. The predicted molar refractivity (Wildman–Crippen MR) is 52.6 cm³/mol. The number of aromatic nitrogens is 3. The third kappa shape index (κ3) is 2.53. The van der Waals surface area contributed by atoms with Crippen molar-refractivity contribution in [2.45, 2.75) is 25.4 Å². The van der Waals surface area contributed by atoms with Crippen molar-refractivity contribution in [3.8, 4) is 0 Å². The highest BCUT2D eigenvalue weighted by atomic mass is 16.4. The minimum atomic E-state index is -1.03. The second kappa shape index (κ2) is 3.98. The molecule has 1 fully saturated rings. The van der Waals surface area contributed by atoms with Crippen LogP contribution in [0.1, 0.15) is 23.3 Å². The van der Waals surface area contributed by atoms with Gasteiger partial charge in [-0.05, 0) is 19.9 Å². The number of carboxylic acids is 1. The van der Waals surface area contributed by atoms with Crippen LogP contribution in [-0.4, -0.2) is 50.6 Å². The second-order valence-corrected chi connectivity index (χ2v) is 3.88.